The summed E-state index contributed by atoms with van der Waals surface area (Å²) in [5.74, 6) is 0.465. The molecule has 0 atom stereocenters. The van der Waals surface area contributed by atoms with E-state index in [1.165, 1.54) is 14.2 Å². The first-order valence-corrected chi connectivity index (χ1v) is 11.4. The Bertz CT molecular complexity index is 1350. The minimum absolute atomic E-state index is 0.00191. The number of aromatic nitrogens is 4. The number of aromatic carboxylic acids is 1. The molecule has 2 aromatic heterocycles. The Kier molecular flexibility index (Phi) is 7.77. The van der Waals surface area contributed by atoms with Crippen LogP contribution in [0.2, 0.25) is 0 Å². The van der Waals surface area contributed by atoms with Gasteiger partial charge < -0.3 is 28.6 Å². The smallest absolute Gasteiger partial charge is 0.336 e. The second-order valence-corrected chi connectivity index (χ2v) is 8.37. The van der Waals surface area contributed by atoms with Crippen molar-refractivity contribution < 1.29 is 28.8 Å². The molecule has 188 valence electrons. The molecule has 0 fully saturated rings. The molecule has 0 aliphatic rings. The van der Waals surface area contributed by atoms with E-state index in [2.05, 4.69) is 24.0 Å². The highest BCUT2D eigenvalue weighted by atomic mass is 16.7. The van der Waals surface area contributed by atoms with Gasteiger partial charge >= 0.3 is 5.97 Å². The molecule has 2 aromatic carbocycles. The summed E-state index contributed by atoms with van der Waals surface area (Å²) in [5, 5.41) is 17.9. The molecule has 0 bridgehead atoms. The predicted molar refractivity (Wildman–Crippen MR) is 132 cm³/mol. The zero-order valence-corrected chi connectivity index (χ0v) is 20.6. The third kappa shape index (κ3) is 5.14. The highest BCUT2D eigenvalue weighted by molar-refractivity contribution is 5.96. The molecule has 2 heterocycles. The van der Waals surface area contributed by atoms with E-state index in [1.807, 2.05) is 34.9 Å². The minimum Gasteiger partial charge on any atom is -0.478 e. The molecule has 10 heteroatoms. The number of fused-ring (bicyclic) bond motifs is 1. The second kappa shape index (κ2) is 11.1. The van der Waals surface area contributed by atoms with Gasteiger partial charge in [-0.05, 0) is 22.8 Å². The van der Waals surface area contributed by atoms with E-state index < -0.39 is 5.97 Å². The maximum absolute atomic E-state index is 11.6. The number of carboxylic acid groups (broad SMARTS) is 1. The van der Waals surface area contributed by atoms with Crippen LogP contribution in [0.25, 0.3) is 22.2 Å². The zero-order chi connectivity index (χ0) is 25.7. The summed E-state index contributed by atoms with van der Waals surface area (Å²) in [4.78, 5) is 16.5. The molecule has 0 radical (unpaired) electrons. The van der Waals surface area contributed by atoms with Crippen molar-refractivity contribution in [2.45, 2.75) is 26.3 Å². The third-order valence-corrected chi connectivity index (χ3v) is 5.54. The van der Waals surface area contributed by atoms with Crippen LogP contribution in [-0.4, -0.2) is 58.6 Å². The molecule has 1 N–H and O–H groups in total. The number of carboxylic acids is 1. The molecule has 0 amide bonds. The summed E-state index contributed by atoms with van der Waals surface area (Å²) < 4.78 is 23.5. The van der Waals surface area contributed by atoms with Crippen molar-refractivity contribution >= 4 is 17.0 Å². The standard InChI is InChI=1S/C26H28N4O6/c1-16(2)23-27-21-22(25(36-15-34-4)29-28-24(21)35-14-33-3)30(23)13-17-9-11-18(12-10-17)19-7-5-6-8-20(19)26(31)32/h5-12,16H,13-15H2,1-4H3,(H,31,32). The molecule has 0 unspecified atom stereocenters. The SMILES string of the molecule is COCOc1nnc(OCOC)c2c1nc(C(C)C)n2Cc1ccc(-c2ccccc2C(=O)O)cc1. The molecule has 0 saturated carbocycles. The highest BCUT2D eigenvalue weighted by Gasteiger charge is 2.23. The number of benzene rings is 2. The number of imidazole rings is 1. The van der Waals surface area contributed by atoms with Gasteiger partial charge in [-0.3, -0.25) is 0 Å². The Balaban J connectivity index is 1.77. The summed E-state index contributed by atoms with van der Waals surface area (Å²) >= 11 is 0. The van der Waals surface area contributed by atoms with Crippen LogP contribution in [0.3, 0.4) is 0 Å². The van der Waals surface area contributed by atoms with E-state index in [1.54, 1.807) is 18.2 Å². The maximum atomic E-state index is 11.6. The second-order valence-electron chi connectivity index (χ2n) is 8.37. The van der Waals surface area contributed by atoms with Gasteiger partial charge in [-0.25, -0.2) is 9.78 Å². The van der Waals surface area contributed by atoms with Gasteiger partial charge in [0.05, 0.1) is 5.56 Å². The Morgan fingerprint density at radius 3 is 2.22 bits per heavy atom. The average molecular weight is 493 g/mol. The largest absolute Gasteiger partial charge is 0.478 e. The van der Waals surface area contributed by atoms with Gasteiger partial charge in [-0.2, -0.15) is 0 Å². The third-order valence-electron chi connectivity index (χ3n) is 5.54. The first-order chi connectivity index (χ1) is 17.4. The number of nitrogens with zero attached hydrogens (tertiary/aromatic N) is 4. The molecule has 0 aliphatic carbocycles. The lowest BCUT2D eigenvalue weighted by Crippen LogP contribution is -2.10. The number of methoxy groups -OCH3 is 2. The van der Waals surface area contributed by atoms with Crippen LogP contribution in [0.4, 0.5) is 0 Å². The summed E-state index contributed by atoms with van der Waals surface area (Å²) in [6, 6.07) is 14.7. The van der Waals surface area contributed by atoms with Crippen molar-refractivity contribution in [1.29, 1.82) is 0 Å². The van der Waals surface area contributed by atoms with Crippen molar-refractivity contribution in [3.63, 3.8) is 0 Å². The molecule has 0 saturated heterocycles. The zero-order valence-electron chi connectivity index (χ0n) is 20.6. The lowest BCUT2D eigenvalue weighted by molar-refractivity contribution is 0.0435. The van der Waals surface area contributed by atoms with E-state index >= 15 is 0 Å². The Morgan fingerprint density at radius 1 is 0.944 bits per heavy atom. The van der Waals surface area contributed by atoms with E-state index in [4.69, 9.17) is 23.9 Å². The quantitative estimate of drug-likeness (QED) is 0.305. The molecule has 4 rings (SSSR count). The number of hydrogen-bond donors (Lipinski definition) is 1. The van der Waals surface area contributed by atoms with Crippen LogP contribution in [0, 0.1) is 0 Å². The van der Waals surface area contributed by atoms with Crippen LogP contribution in [-0.2, 0) is 16.0 Å². The fourth-order valence-electron chi connectivity index (χ4n) is 3.94. The van der Waals surface area contributed by atoms with E-state index in [9.17, 15) is 9.90 Å². The number of hydrogen-bond acceptors (Lipinski definition) is 8. The van der Waals surface area contributed by atoms with Crippen molar-refractivity contribution in [2.75, 3.05) is 27.8 Å². The molecule has 10 nitrogen and oxygen atoms in total. The van der Waals surface area contributed by atoms with Gasteiger partial charge in [-0.1, -0.05) is 56.3 Å². The van der Waals surface area contributed by atoms with E-state index in [0.717, 1.165) is 17.0 Å². The number of carbonyl (C=O) groups is 1. The van der Waals surface area contributed by atoms with Crippen LogP contribution in [0.1, 0.15) is 41.5 Å². The minimum atomic E-state index is -0.961. The molecule has 4 aromatic rings. The van der Waals surface area contributed by atoms with E-state index in [0.29, 0.717) is 23.1 Å². The maximum Gasteiger partial charge on any atom is 0.336 e. The van der Waals surface area contributed by atoms with Crippen LogP contribution < -0.4 is 9.47 Å². The summed E-state index contributed by atoms with van der Waals surface area (Å²) in [6.45, 7) is 4.59. The van der Waals surface area contributed by atoms with Gasteiger partial charge in [-0.15, -0.1) is 10.2 Å². The molecule has 0 aliphatic heterocycles. The van der Waals surface area contributed by atoms with Crippen LogP contribution in [0.5, 0.6) is 11.8 Å². The molecular weight excluding hydrogens is 464 g/mol. The summed E-state index contributed by atoms with van der Waals surface area (Å²) in [5.41, 5.74) is 3.89. The van der Waals surface area contributed by atoms with Crippen molar-refractivity contribution in [3.8, 4) is 22.9 Å². The average Bonchev–Trinajstić information content (AvgIpc) is 3.27. The molecule has 0 spiro atoms. The molecular formula is C26H28N4O6. The fourth-order valence-corrected chi connectivity index (χ4v) is 3.94. The topological polar surface area (TPSA) is 118 Å². The van der Waals surface area contributed by atoms with Gasteiger partial charge in [0.25, 0.3) is 11.8 Å². The van der Waals surface area contributed by atoms with Gasteiger partial charge in [0.1, 0.15) is 11.3 Å². The predicted octanol–water partition coefficient (Wildman–Crippen LogP) is 4.33. The van der Waals surface area contributed by atoms with Gasteiger partial charge in [0, 0.05) is 26.7 Å². The Hall–Kier alpha value is -4.02. The lowest BCUT2D eigenvalue weighted by Gasteiger charge is -2.14. The monoisotopic (exact) mass is 492 g/mol. The summed E-state index contributed by atoms with van der Waals surface area (Å²) in [7, 11) is 3.05. The highest BCUT2D eigenvalue weighted by Crippen LogP contribution is 2.33. The number of rotatable bonds is 11. The Labute approximate surface area is 208 Å². The normalized spacial score (nSPS) is 11.2. The number of ether oxygens (including phenoxy) is 4. The molecule has 36 heavy (non-hydrogen) atoms. The summed E-state index contributed by atoms with van der Waals surface area (Å²) in [6.07, 6.45) is 0. The first-order valence-electron chi connectivity index (χ1n) is 11.4. The van der Waals surface area contributed by atoms with E-state index in [-0.39, 0.29) is 36.8 Å². The van der Waals surface area contributed by atoms with Crippen molar-refractivity contribution in [1.82, 2.24) is 19.7 Å². The van der Waals surface area contributed by atoms with Gasteiger partial charge in [0.15, 0.2) is 19.1 Å². The van der Waals surface area contributed by atoms with Crippen molar-refractivity contribution in [3.05, 3.63) is 65.5 Å². The van der Waals surface area contributed by atoms with Gasteiger partial charge in [0.2, 0.25) is 0 Å². The van der Waals surface area contributed by atoms with Crippen LogP contribution >= 0.6 is 0 Å². The van der Waals surface area contributed by atoms with Crippen LogP contribution in [0.15, 0.2) is 48.5 Å². The van der Waals surface area contributed by atoms with Crippen molar-refractivity contribution in [2.24, 2.45) is 0 Å². The lowest BCUT2D eigenvalue weighted by atomic mass is 9.98. The Morgan fingerprint density at radius 2 is 1.58 bits per heavy atom. The fraction of sp³-hybridized carbons (Fsp3) is 0.308. The first kappa shape index (κ1) is 25.1.